The number of carbonyl (C=O) groups excluding carboxylic acids is 3. The highest BCUT2D eigenvalue weighted by Gasteiger charge is 2.67. The van der Waals surface area contributed by atoms with Gasteiger partial charge in [-0.2, -0.15) is 5.01 Å². The van der Waals surface area contributed by atoms with E-state index in [9.17, 15) is 14.4 Å². The summed E-state index contributed by atoms with van der Waals surface area (Å²) in [5.74, 6) is 0.173. The van der Waals surface area contributed by atoms with Gasteiger partial charge in [0.15, 0.2) is 0 Å². The maximum absolute atomic E-state index is 12.7. The van der Waals surface area contributed by atoms with E-state index in [2.05, 4.69) is 17.6 Å². The first-order valence-electron chi connectivity index (χ1n) is 8.54. The molecule has 5 aliphatic rings. The number of nitrogens with zero attached hydrogens (tertiary/aromatic N) is 1. The molecule has 1 aromatic carbocycles. The van der Waals surface area contributed by atoms with Crippen LogP contribution in [-0.2, 0) is 20.8 Å². The van der Waals surface area contributed by atoms with Gasteiger partial charge in [-0.05, 0) is 35.7 Å². The minimum Gasteiger partial charge on any atom is -0.273 e. The van der Waals surface area contributed by atoms with Crippen LogP contribution in [-0.4, -0.2) is 22.7 Å². The number of hydrogen-bond acceptors (Lipinski definition) is 3. The lowest BCUT2D eigenvalue weighted by Gasteiger charge is -2.37. The van der Waals surface area contributed by atoms with Crippen LogP contribution in [0.25, 0.3) is 0 Å². The summed E-state index contributed by atoms with van der Waals surface area (Å²) in [6, 6.07) is 9.31. The molecule has 1 saturated heterocycles. The topological polar surface area (TPSA) is 66.5 Å². The monoisotopic (exact) mass is 322 g/mol. The Morgan fingerprint density at radius 3 is 2.17 bits per heavy atom. The second kappa shape index (κ2) is 4.79. The van der Waals surface area contributed by atoms with E-state index < -0.39 is 0 Å². The molecule has 3 amide bonds. The summed E-state index contributed by atoms with van der Waals surface area (Å²) in [4.78, 5) is 37.7. The molecule has 6 rings (SSSR count). The molecule has 0 spiro atoms. The highest BCUT2D eigenvalue weighted by atomic mass is 16.2. The van der Waals surface area contributed by atoms with Crippen LogP contribution in [0.15, 0.2) is 42.5 Å². The van der Waals surface area contributed by atoms with E-state index in [0.717, 1.165) is 17.0 Å². The lowest BCUT2D eigenvalue weighted by molar-refractivity contribution is -0.149. The third-order valence-corrected chi connectivity index (χ3v) is 6.11. The van der Waals surface area contributed by atoms with Crippen molar-refractivity contribution in [3.63, 3.8) is 0 Å². The minimum atomic E-state index is -0.327. The Balaban J connectivity index is 1.34. The molecule has 5 heteroatoms. The van der Waals surface area contributed by atoms with E-state index in [-0.39, 0.29) is 47.8 Å². The summed E-state index contributed by atoms with van der Waals surface area (Å²) in [7, 11) is 0. The van der Waals surface area contributed by atoms with Crippen LogP contribution in [0.3, 0.4) is 0 Å². The molecule has 2 saturated carbocycles. The molecule has 4 aliphatic carbocycles. The smallest absolute Gasteiger partial charge is 0.252 e. The number of benzene rings is 1. The van der Waals surface area contributed by atoms with Crippen molar-refractivity contribution in [1.29, 1.82) is 0 Å². The first-order chi connectivity index (χ1) is 11.6. The van der Waals surface area contributed by atoms with Gasteiger partial charge in [-0.25, -0.2) is 0 Å². The molecule has 1 aliphatic heterocycles. The van der Waals surface area contributed by atoms with Gasteiger partial charge in [0.25, 0.3) is 11.8 Å². The predicted octanol–water partition coefficient (Wildman–Crippen LogP) is 1.31. The van der Waals surface area contributed by atoms with Gasteiger partial charge in [0.2, 0.25) is 5.91 Å². The van der Waals surface area contributed by atoms with Gasteiger partial charge in [0.1, 0.15) is 0 Å². The fourth-order valence-electron chi connectivity index (χ4n) is 5.01. The molecule has 0 unspecified atom stereocenters. The molecule has 6 atom stereocenters. The van der Waals surface area contributed by atoms with Crippen LogP contribution in [0.1, 0.15) is 12.0 Å². The van der Waals surface area contributed by atoms with Gasteiger partial charge in [0.05, 0.1) is 18.3 Å². The maximum atomic E-state index is 12.7. The Morgan fingerprint density at radius 2 is 1.58 bits per heavy atom. The standard InChI is InChI=1S/C19H18N2O3/c22-15(8-10-4-2-1-3-5-10)20-21-18(23)16-11-6-7-12(14-9-13(11)14)17(16)19(21)24/h1-7,11-14,16-17H,8-9H2,(H,20,22)/t11-,12+,13-,14-,16+,17+/m1/s1. The molecule has 1 heterocycles. The van der Waals surface area contributed by atoms with E-state index >= 15 is 0 Å². The van der Waals surface area contributed by atoms with Crippen molar-refractivity contribution in [3.05, 3.63) is 48.0 Å². The van der Waals surface area contributed by atoms with Gasteiger partial charge in [-0.15, -0.1) is 0 Å². The molecule has 5 nitrogen and oxygen atoms in total. The number of imide groups is 1. The highest BCUT2D eigenvalue weighted by molar-refractivity contribution is 6.07. The van der Waals surface area contributed by atoms with Crippen LogP contribution in [0, 0.1) is 35.5 Å². The molecule has 0 radical (unpaired) electrons. The Morgan fingerprint density at radius 1 is 1.00 bits per heavy atom. The van der Waals surface area contributed by atoms with Crippen molar-refractivity contribution >= 4 is 17.7 Å². The summed E-state index contributed by atoms with van der Waals surface area (Å²) < 4.78 is 0. The predicted molar refractivity (Wildman–Crippen MR) is 84.8 cm³/mol. The maximum Gasteiger partial charge on any atom is 0.252 e. The summed E-state index contributed by atoms with van der Waals surface area (Å²) >= 11 is 0. The third-order valence-electron chi connectivity index (χ3n) is 6.11. The fraction of sp³-hybridized carbons (Fsp3) is 0.421. The van der Waals surface area contributed by atoms with Crippen LogP contribution >= 0.6 is 0 Å². The van der Waals surface area contributed by atoms with Crippen LogP contribution in [0.5, 0.6) is 0 Å². The molecular formula is C19H18N2O3. The number of rotatable bonds is 3. The minimum absolute atomic E-state index is 0.156. The van der Waals surface area contributed by atoms with E-state index in [1.807, 2.05) is 30.3 Å². The van der Waals surface area contributed by atoms with Gasteiger partial charge in [-0.3, -0.25) is 19.8 Å². The highest BCUT2D eigenvalue weighted by Crippen LogP contribution is 2.65. The number of hydrazine groups is 1. The quantitative estimate of drug-likeness (QED) is 0.674. The van der Waals surface area contributed by atoms with E-state index in [4.69, 9.17) is 0 Å². The van der Waals surface area contributed by atoms with Crippen molar-refractivity contribution in [2.24, 2.45) is 35.5 Å². The molecule has 2 bridgehead atoms. The molecule has 3 fully saturated rings. The van der Waals surface area contributed by atoms with Crippen LogP contribution in [0.2, 0.25) is 0 Å². The molecule has 24 heavy (non-hydrogen) atoms. The average Bonchev–Trinajstić information content (AvgIpc) is 3.37. The molecule has 1 aromatic rings. The van der Waals surface area contributed by atoms with Gasteiger partial charge in [0, 0.05) is 0 Å². The van der Waals surface area contributed by atoms with Crippen molar-refractivity contribution in [1.82, 2.24) is 10.4 Å². The molecule has 1 N–H and O–H groups in total. The summed E-state index contributed by atoms with van der Waals surface area (Å²) in [6.45, 7) is 0. The zero-order chi connectivity index (χ0) is 16.4. The number of hydrogen-bond donors (Lipinski definition) is 1. The average molecular weight is 322 g/mol. The van der Waals surface area contributed by atoms with E-state index in [1.54, 1.807) is 0 Å². The normalized spacial score (nSPS) is 38.1. The Hall–Kier alpha value is -2.43. The second-order valence-corrected chi connectivity index (χ2v) is 7.36. The summed E-state index contributed by atoms with van der Waals surface area (Å²) in [5.41, 5.74) is 3.41. The number of allylic oxidation sites excluding steroid dienone is 2. The first-order valence-corrected chi connectivity index (χ1v) is 8.54. The number of carbonyl (C=O) groups is 3. The van der Waals surface area contributed by atoms with Crippen molar-refractivity contribution in [2.45, 2.75) is 12.8 Å². The van der Waals surface area contributed by atoms with Crippen molar-refractivity contribution < 1.29 is 14.4 Å². The van der Waals surface area contributed by atoms with E-state index in [0.29, 0.717) is 11.8 Å². The molecule has 0 aromatic heterocycles. The summed E-state index contributed by atoms with van der Waals surface area (Å²) in [6.07, 6.45) is 5.54. The lowest BCUT2D eigenvalue weighted by atomic mass is 9.63. The van der Waals surface area contributed by atoms with Gasteiger partial charge < -0.3 is 0 Å². The fourth-order valence-corrected chi connectivity index (χ4v) is 5.01. The Kier molecular flexibility index (Phi) is 2.78. The van der Waals surface area contributed by atoms with Crippen LogP contribution in [0.4, 0.5) is 0 Å². The molecule has 122 valence electrons. The SMILES string of the molecule is O=C(Cc1ccccc1)NN1C(=O)[C@H]2[C@@H]3C=C[C@@H]([C@H]4C[C@H]34)[C@@H]2C1=O. The third kappa shape index (κ3) is 1.84. The Bertz CT molecular complexity index is 736. The lowest BCUT2D eigenvalue weighted by Crippen LogP contribution is -2.47. The first kappa shape index (κ1) is 14.0. The largest absolute Gasteiger partial charge is 0.273 e. The number of amides is 3. The zero-order valence-electron chi connectivity index (χ0n) is 13.1. The second-order valence-electron chi connectivity index (χ2n) is 7.36. The Labute approximate surface area is 139 Å². The van der Waals surface area contributed by atoms with Crippen LogP contribution < -0.4 is 5.43 Å². The number of nitrogens with one attached hydrogen (secondary N) is 1. The molecular weight excluding hydrogens is 304 g/mol. The van der Waals surface area contributed by atoms with E-state index in [1.165, 1.54) is 0 Å². The van der Waals surface area contributed by atoms with Crippen molar-refractivity contribution in [3.8, 4) is 0 Å². The summed E-state index contributed by atoms with van der Waals surface area (Å²) in [5, 5.41) is 0.998. The van der Waals surface area contributed by atoms with Gasteiger partial charge >= 0.3 is 0 Å². The van der Waals surface area contributed by atoms with Gasteiger partial charge in [-0.1, -0.05) is 42.5 Å². The van der Waals surface area contributed by atoms with Crippen molar-refractivity contribution in [2.75, 3.05) is 0 Å². The zero-order valence-corrected chi connectivity index (χ0v) is 13.1.